The number of rotatable bonds is 0. The fourth-order valence-electron chi connectivity index (χ4n) is 0. The molecule has 9 heteroatoms. The zero-order valence-corrected chi connectivity index (χ0v) is 6.13. The van der Waals surface area contributed by atoms with Crippen molar-refractivity contribution < 1.29 is 39.8 Å². The first-order valence-electron chi connectivity index (χ1n) is 0.957. The number of hydrogen-bond donors (Lipinski definition) is 5. The molecule has 0 aliphatic rings. The minimum Gasteiger partial charge on any atom is -0.344 e. The van der Waals surface area contributed by atoms with E-state index in [4.69, 9.17) is 22.7 Å². The van der Waals surface area contributed by atoms with Crippen LogP contribution in [0.1, 0.15) is 0 Å². The maximum atomic E-state index is 8.74. The molecule has 0 aromatic heterocycles. The van der Waals surface area contributed by atoms with Crippen LogP contribution in [0.2, 0.25) is 0 Å². The molecular weight excluding hydrogens is 196 g/mol. The van der Waals surface area contributed by atoms with Crippen LogP contribution in [0.15, 0.2) is 0 Å². The molecular formula is H8FeN2O5S. The molecule has 0 fully saturated rings. The summed E-state index contributed by atoms with van der Waals surface area (Å²) in [6.45, 7) is 0. The maximum Gasteiger partial charge on any atom is 0.394 e. The van der Waals surface area contributed by atoms with Crippen LogP contribution in [0.4, 0.5) is 0 Å². The van der Waals surface area contributed by atoms with Crippen molar-refractivity contribution in [3.63, 3.8) is 0 Å². The average molecular weight is 204 g/mol. The molecule has 0 aromatic rings. The number of hydrogen-bond acceptors (Lipinski definition) is 5. The summed E-state index contributed by atoms with van der Waals surface area (Å²) in [4.78, 5) is 0. The van der Waals surface area contributed by atoms with Crippen molar-refractivity contribution in [1.29, 1.82) is 0 Å². The van der Waals surface area contributed by atoms with Gasteiger partial charge in [-0.1, -0.05) is 0 Å². The molecule has 0 amide bonds. The predicted molar refractivity (Wildman–Crippen MR) is 25.2 cm³/mol. The first-order valence-corrected chi connectivity index (χ1v) is 2.35. The quantitative estimate of drug-likeness (QED) is 0.189. The van der Waals surface area contributed by atoms with Crippen LogP contribution in [0.3, 0.4) is 0 Å². The monoisotopic (exact) mass is 204 g/mol. The van der Waals surface area contributed by atoms with Gasteiger partial charge in [0.1, 0.15) is 0 Å². The molecule has 0 bridgehead atoms. The predicted octanol–water partition coefficient (Wildman–Crippen LogP) is -1.16. The molecule has 7 nitrogen and oxygen atoms in total. The summed E-state index contributed by atoms with van der Waals surface area (Å²) in [6.07, 6.45) is 0. The summed E-state index contributed by atoms with van der Waals surface area (Å²) in [5.41, 5.74) is 0. The Labute approximate surface area is 62.8 Å². The molecule has 0 atom stereocenters. The Morgan fingerprint density at radius 2 is 1.11 bits per heavy atom. The Balaban J connectivity index is -0.0000000286. The van der Waals surface area contributed by atoms with E-state index < -0.39 is 10.4 Å². The van der Waals surface area contributed by atoms with Gasteiger partial charge in [-0.2, -0.15) is 8.42 Å². The van der Waals surface area contributed by atoms with Crippen LogP contribution in [-0.4, -0.2) is 22.7 Å². The van der Waals surface area contributed by atoms with Crippen LogP contribution in [-0.2, 0) is 27.5 Å². The van der Waals surface area contributed by atoms with Crippen molar-refractivity contribution in [2.24, 2.45) is 5.90 Å². The van der Waals surface area contributed by atoms with Crippen molar-refractivity contribution in [3.8, 4) is 0 Å². The van der Waals surface area contributed by atoms with Crippen molar-refractivity contribution in [3.05, 3.63) is 0 Å². The SMILES string of the molecule is N.NO.O=S(=O)(O)O.[Fe]. The third kappa shape index (κ3) is 4480. The fraction of sp³-hybridized carbons (Fsp3) is 0. The smallest absolute Gasteiger partial charge is 0.344 e. The van der Waals surface area contributed by atoms with Crippen molar-refractivity contribution >= 4 is 10.4 Å². The van der Waals surface area contributed by atoms with E-state index in [2.05, 4.69) is 5.90 Å². The van der Waals surface area contributed by atoms with Gasteiger partial charge in [-0.3, -0.25) is 9.11 Å². The molecule has 8 N–H and O–H groups in total. The zero-order valence-electron chi connectivity index (χ0n) is 4.20. The summed E-state index contributed by atoms with van der Waals surface area (Å²) in [5.74, 6) is 3.50. The van der Waals surface area contributed by atoms with Crippen LogP contribution in [0, 0.1) is 0 Å². The van der Waals surface area contributed by atoms with Crippen LogP contribution in [0.25, 0.3) is 0 Å². The van der Waals surface area contributed by atoms with Crippen LogP contribution in [0.5, 0.6) is 0 Å². The molecule has 62 valence electrons. The van der Waals surface area contributed by atoms with E-state index in [9.17, 15) is 0 Å². The van der Waals surface area contributed by atoms with Crippen LogP contribution < -0.4 is 12.0 Å². The normalized spacial score (nSPS) is 7.11. The topological polar surface area (TPSA) is 156 Å². The van der Waals surface area contributed by atoms with Gasteiger partial charge in [-0.05, 0) is 0 Å². The van der Waals surface area contributed by atoms with Crippen molar-refractivity contribution in [2.45, 2.75) is 0 Å². The average Bonchev–Trinajstić information content (AvgIpc) is 1.36. The van der Waals surface area contributed by atoms with Gasteiger partial charge in [0, 0.05) is 17.1 Å². The van der Waals surface area contributed by atoms with Gasteiger partial charge in [0.25, 0.3) is 0 Å². The Morgan fingerprint density at radius 1 is 1.11 bits per heavy atom. The third-order valence-electron chi connectivity index (χ3n) is 0. The second kappa shape index (κ2) is 11.1. The first-order chi connectivity index (χ1) is 3.00. The Bertz CT molecular complexity index is 98.1. The van der Waals surface area contributed by atoms with Gasteiger partial charge in [-0.25, -0.2) is 5.90 Å². The van der Waals surface area contributed by atoms with Gasteiger partial charge in [0.15, 0.2) is 0 Å². The molecule has 0 aliphatic heterocycles. The number of nitrogens with two attached hydrogens (primary N) is 1. The Morgan fingerprint density at radius 3 is 1.11 bits per heavy atom. The Hall–Kier alpha value is 0.269. The molecule has 0 heterocycles. The van der Waals surface area contributed by atoms with Gasteiger partial charge in [0.05, 0.1) is 0 Å². The summed E-state index contributed by atoms with van der Waals surface area (Å²) < 4.78 is 31.6. The van der Waals surface area contributed by atoms with Crippen molar-refractivity contribution in [2.75, 3.05) is 0 Å². The summed E-state index contributed by atoms with van der Waals surface area (Å²) in [6, 6.07) is 0. The first kappa shape index (κ1) is 22.8. The summed E-state index contributed by atoms with van der Waals surface area (Å²) >= 11 is 0. The van der Waals surface area contributed by atoms with E-state index in [0.29, 0.717) is 0 Å². The van der Waals surface area contributed by atoms with Gasteiger partial charge in [0.2, 0.25) is 0 Å². The maximum absolute atomic E-state index is 8.74. The standard InChI is InChI=1S/Fe.H3NO.H3N.H2O4S/c;1-2;;1-5(2,3)4/h;2H,1H2;1H3;(H2,1,2,3,4). The van der Waals surface area contributed by atoms with E-state index in [-0.39, 0.29) is 23.2 Å². The van der Waals surface area contributed by atoms with E-state index >= 15 is 0 Å². The van der Waals surface area contributed by atoms with Crippen LogP contribution >= 0.6 is 0 Å². The largest absolute Gasteiger partial charge is 0.394 e. The fourth-order valence-corrected chi connectivity index (χ4v) is 0. The molecule has 9 heavy (non-hydrogen) atoms. The minimum absolute atomic E-state index is 0. The second-order valence-corrected chi connectivity index (χ2v) is 1.34. The molecule has 0 saturated carbocycles. The van der Waals surface area contributed by atoms with E-state index in [0.717, 1.165) is 0 Å². The molecule has 0 spiro atoms. The van der Waals surface area contributed by atoms with E-state index in [1.807, 2.05) is 0 Å². The third-order valence-corrected chi connectivity index (χ3v) is 0. The van der Waals surface area contributed by atoms with E-state index in [1.165, 1.54) is 0 Å². The second-order valence-electron chi connectivity index (χ2n) is 0.448. The Kier molecular flexibility index (Phi) is 28.2. The van der Waals surface area contributed by atoms with Gasteiger partial charge >= 0.3 is 10.4 Å². The van der Waals surface area contributed by atoms with Gasteiger partial charge in [-0.15, -0.1) is 0 Å². The van der Waals surface area contributed by atoms with Crippen molar-refractivity contribution in [1.82, 2.24) is 6.15 Å². The molecule has 0 radical (unpaired) electrons. The molecule has 0 aliphatic carbocycles. The molecule has 0 saturated heterocycles. The summed E-state index contributed by atoms with van der Waals surface area (Å²) in [7, 11) is -4.67. The molecule has 0 aromatic carbocycles. The van der Waals surface area contributed by atoms with E-state index in [1.54, 1.807) is 0 Å². The molecule has 0 unspecified atom stereocenters. The molecule has 0 rings (SSSR count). The van der Waals surface area contributed by atoms with Gasteiger partial charge < -0.3 is 11.4 Å². The summed E-state index contributed by atoms with van der Waals surface area (Å²) in [5, 5.41) is 6.50. The zero-order chi connectivity index (χ0) is 6.50. The minimum atomic E-state index is -4.67.